The van der Waals surface area contributed by atoms with E-state index in [0.29, 0.717) is 17.9 Å². The summed E-state index contributed by atoms with van der Waals surface area (Å²) in [5.41, 5.74) is -0.294. The van der Waals surface area contributed by atoms with Gasteiger partial charge in [-0.25, -0.2) is 9.18 Å². The van der Waals surface area contributed by atoms with E-state index >= 15 is 0 Å². The highest BCUT2D eigenvalue weighted by Gasteiger charge is 2.52. The Balaban J connectivity index is 2.14. The van der Waals surface area contributed by atoms with Crippen molar-refractivity contribution in [3.63, 3.8) is 0 Å². The Labute approximate surface area is 124 Å². The molecule has 0 spiro atoms. The molecule has 1 saturated carbocycles. The molecule has 0 saturated heterocycles. The normalized spacial score (nSPS) is 17.1. The Morgan fingerprint density at radius 2 is 2.19 bits per heavy atom. The van der Waals surface area contributed by atoms with Crippen molar-refractivity contribution in [1.29, 1.82) is 0 Å². The van der Waals surface area contributed by atoms with E-state index in [4.69, 9.17) is 9.47 Å². The standard InChI is InChI=1S/C16H22FNO3/c1-4-18-16(12-5-6-12,15(19)20-3)10-21-13-7-8-14(17)11(2)9-13/h7-9,12,18H,4-6,10H2,1-3H3. The van der Waals surface area contributed by atoms with Crippen LogP contribution in [0.15, 0.2) is 18.2 Å². The number of esters is 1. The summed E-state index contributed by atoms with van der Waals surface area (Å²) in [6.07, 6.45) is 1.96. The number of benzene rings is 1. The van der Waals surface area contributed by atoms with Gasteiger partial charge in [-0.05, 0) is 56.0 Å². The van der Waals surface area contributed by atoms with Crippen molar-refractivity contribution < 1.29 is 18.7 Å². The van der Waals surface area contributed by atoms with Gasteiger partial charge in [0.25, 0.3) is 0 Å². The van der Waals surface area contributed by atoms with E-state index in [0.717, 1.165) is 12.8 Å². The van der Waals surface area contributed by atoms with Gasteiger partial charge in [0.05, 0.1) is 7.11 Å². The molecular weight excluding hydrogens is 273 g/mol. The molecule has 21 heavy (non-hydrogen) atoms. The van der Waals surface area contributed by atoms with Crippen molar-refractivity contribution in [3.8, 4) is 5.75 Å². The molecule has 2 rings (SSSR count). The second-order valence-corrected chi connectivity index (χ2v) is 5.47. The van der Waals surface area contributed by atoms with Gasteiger partial charge in [0.2, 0.25) is 0 Å². The van der Waals surface area contributed by atoms with E-state index in [1.165, 1.54) is 13.2 Å². The van der Waals surface area contributed by atoms with Gasteiger partial charge in [-0.1, -0.05) is 6.92 Å². The highest BCUT2D eigenvalue weighted by molar-refractivity contribution is 5.82. The van der Waals surface area contributed by atoms with Crippen molar-refractivity contribution >= 4 is 5.97 Å². The molecule has 1 fully saturated rings. The lowest BCUT2D eigenvalue weighted by molar-refractivity contribution is -0.151. The van der Waals surface area contributed by atoms with Crippen LogP contribution < -0.4 is 10.1 Å². The molecule has 1 unspecified atom stereocenters. The molecule has 0 heterocycles. The maximum Gasteiger partial charge on any atom is 0.329 e. The van der Waals surface area contributed by atoms with Crippen LogP contribution in [-0.4, -0.2) is 31.8 Å². The van der Waals surface area contributed by atoms with Crippen molar-refractivity contribution in [3.05, 3.63) is 29.6 Å². The van der Waals surface area contributed by atoms with Crippen molar-refractivity contribution in [1.82, 2.24) is 5.32 Å². The van der Waals surface area contributed by atoms with Gasteiger partial charge in [-0.15, -0.1) is 0 Å². The van der Waals surface area contributed by atoms with Crippen LogP contribution in [0.5, 0.6) is 5.75 Å². The molecule has 1 aliphatic carbocycles. The lowest BCUT2D eigenvalue weighted by atomic mass is 9.94. The van der Waals surface area contributed by atoms with E-state index in [9.17, 15) is 9.18 Å². The first-order valence-corrected chi connectivity index (χ1v) is 7.26. The summed E-state index contributed by atoms with van der Waals surface area (Å²) in [4.78, 5) is 12.2. The zero-order valence-electron chi connectivity index (χ0n) is 12.7. The van der Waals surface area contributed by atoms with E-state index in [1.54, 1.807) is 19.1 Å². The highest BCUT2D eigenvalue weighted by atomic mass is 19.1. The van der Waals surface area contributed by atoms with Crippen LogP contribution in [0.25, 0.3) is 0 Å². The predicted octanol–water partition coefficient (Wildman–Crippen LogP) is 2.44. The van der Waals surface area contributed by atoms with Gasteiger partial charge >= 0.3 is 5.97 Å². The van der Waals surface area contributed by atoms with E-state index in [1.807, 2.05) is 6.92 Å². The maximum atomic E-state index is 13.3. The number of ether oxygens (including phenoxy) is 2. The van der Waals surface area contributed by atoms with Crippen LogP contribution in [0, 0.1) is 18.7 Å². The fraction of sp³-hybridized carbons (Fsp3) is 0.562. The number of halogens is 1. The number of hydrogen-bond donors (Lipinski definition) is 1. The molecule has 0 aliphatic heterocycles. The SMILES string of the molecule is CCNC(COc1ccc(F)c(C)c1)(C(=O)OC)C1CC1. The van der Waals surface area contributed by atoms with Gasteiger partial charge in [-0.2, -0.15) is 0 Å². The smallest absolute Gasteiger partial charge is 0.329 e. The lowest BCUT2D eigenvalue weighted by Crippen LogP contribution is -2.58. The topological polar surface area (TPSA) is 47.6 Å². The highest BCUT2D eigenvalue weighted by Crippen LogP contribution is 2.41. The zero-order chi connectivity index (χ0) is 15.5. The summed E-state index contributed by atoms with van der Waals surface area (Å²) in [6.45, 7) is 4.46. The van der Waals surface area contributed by atoms with Gasteiger partial charge in [0.1, 0.15) is 18.2 Å². The molecule has 116 valence electrons. The molecule has 0 amide bonds. The molecule has 0 bridgehead atoms. The van der Waals surface area contributed by atoms with E-state index in [2.05, 4.69) is 5.32 Å². The molecular formula is C16H22FNO3. The molecule has 1 N–H and O–H groups in total. The average Bonchev–Trinajstić information content (AvgIpc) is 3.31. The Morgan fingerprint density at radius 3 is 2.71 bits per heavy atom. The summed E-state index contributed by atoms with van der Waals surface area (Å²) >= 11 is 0. The van der Waals surface area contributed by atoms with Crippen LogP contribution in [0.1, 0.15) is 25.3 Å². The molecule has 4 nitrogen and oxygen atoms in total. The first-order valence-electron chi connectivity index (χ1n) is 7.26. The summed E-state index contributed by atoms with van der Waals surface area (Å²) in [5.74, 6) is 0.216. The van der Waals surface area contributed by atoms with Crippen LogP contribution in [-0.2, 0) is 9.53 Å². The number of rotatable bonds is 7. The first-order chi connectivity index (χ1) is 10.0. The number of carbonyl (C=O) groups excluding carboxylic acids is 1. The summed E-state index contributed by atoms with van der Waals surface area (Å²) in [5, 5.41) is 3.23. The zero-order valence-corrected chi connectivity index (χ0v) is 12.7. The summed E-state index contributed by atoms with van der Waals surface area (Å²) in [6, 6.07) is 4.58. The molecule has 0 radical (unpaired) electrons. The third-order valence-corrected chi connectivity index (χ3v) is 3.91. The quantitative estimate of drug-likeness (QED) is 0.785. The van der Waals surface area contributed by atoms with Crippen LogP contribution in [0.4, 0.5) is 4.39 Å². The lowest BCUT2D eigenvalue weighted by Gasteiger charge is -2.31. The Hall–Kier alpha value is -1.62. The monoisotopic (exact) mass is 295 g/mol. The summed E-state index contributed by atoms with van der Waals surface area (Å²) in [7, 11) is 1.39. The number of nitrogens with one attached hydrogen (secondary N) is 1. The minimum atomic E-state index is -0.814. The number of methoxy groups -OCH3 is 1. The maximum absolute atomic E-state index is 13.3. The third-order valence-electron chi connectivity index (χ3n) is 3.91. The third kappa shape index (κ3) is 3.35. The molecule has 1 aliphatic rings. The molecule has 5 heteroatoms. The number of hydrogen-bond acceptors (Lipinski definition) is 4. The molecule has 1 aromatic carbocycles. The van der Waals surface area contributed by atoms with E-state index < -0.39 is 5.54 Å². The number of likely N-dealkylation sites (N-methyl/N-ethyl adjacent to an activating group) is 1. The largest absolute Gasteiger partial charge is 0.491 e. The first kappa shape index (κ1) is 15.8. The van der Waals surface area contributed by atoms with Crippen LogP contribution in [0.2, 0.25) is 0 Å². The van der Waals surface area contributed by atoms with Gasteiger partial charge in [-0.3, -0.25) is 5.32 Å². The van der Waals surface area contributed by atoms with Crippen molar-refractivity contribution in [2.45, 2.75) is 32.2 Å². The molecule has 1 atom stereocenters. The van der Waals surface area contributed by atoms with Gasteiger partial charge in [0.15, 0.2) is 5.54 Å². The van der Waals surface area contributed by atoms with Crippen LogP contribution in [0.3, 0.4) is 0 Å². The van der Waals surface area contributed by atoms with Crippen LogP contribution >= 0.6 is 0 Å². The fourth-order valence-electron chi connectivity index (χ4n) is 2.59. The van der Waals surface area contributed by atoms with Crippen molar-refractivity contribution in [2.75, 3.05) is 20.3 Å². The Bertz CT molecular complexity index is 516. The predicted molar refractivity (Wildman–Crippen MR) is 77.8 cm³/mol. The van der Waals surface area contributed by atoms with E-state index in [-0.39, 0.29) is 24.3 Å². The Kier molecular flexibility index (Phi) is 4.83. The second-order valence-electron chi connectivity index (χ2n) is 5.47. The summed E-state index contributed by atoms with van der Waals surface area (Å²) < 4.78 is 24.0. The number of aryl methyl sites for hydroxylation is 1. The fourth-order valence-corrected chi connectivity index (χ4v) is 2.59. The van der Waals surface area contributed by atoms with Gasteiger partial charge < -0.3 is 9.47 Å². The average molecular weight is 295 g/mol. The van der Waals surface area contributed by atoms with Gasteiger partial charge in [0, 0.05) is 0 Å². The molecule has 0 aromatic heterocycles. The Morgan fingerprint density at radius 1 is 1.48 bits per heavy atom. The number of carbonyl (C=O) groups is 1. The minimum absolute atomic E-state index is 0.184. The van der Waals surface area contributed by atoms with Crippen molar-refractivity contribution in [2.24, 2.45) is 5.92 Å². The molecule has 1 aromatic rings. The minimum Gasteiger partial charge on any atom is -0.491 e. The second kappa shape index (κ2) is 6.43.